The van der Waals surface area contributed by atoms with Crippen LogP contribution in [0.25, 0.3) is 0 Å². The Kier molecular flexibility index (Phi) is 2.77. The average Bonchev–Trinajstić information content (AvgIpc) is 2.94. The Balaban J connectivity index is 1.99. The van der Waals surface area contributed by atoms with Gasteiger partial charge in [0.2, 0.25) is 0 Å². The highest BCUT2D eigenvalue weighted by molar-refractivity contribution is 6.30. The zero-order valence-electron chi connectivity index (χ0n) is 7.89. The van der Waals surface area contributed by atoms with Gasteiger partial charge in [-0.2, -0.15) is 0 Å². The predicted molar refractivity (Wildman–Crippen MR) is 56.6 cm³/mol. The number of urea groups is 1. The third-order valence-electron chi connectivity index (χ3n) is 2.09. The van der Waals surface area contributed by atoms with Gasteiger partial charge in [0.25, 0.3) is 0 Å². The lowest BCUT2D eigenvalue weighted by Crippen LogP contribution is -2.30. The lowest BCUT2D eigenvalue weighted by Gasteiger charge is -2.07. The Labute approximate surface area is 91.6 Å². The number of nitrogens with one attached hydrogen (secondary N) is 2. The molecule has 1 fully saturated rings. The summed E-state index contributed by atoms with van der Waals surface area (Å²) in [6.45, 7) is 0. The van der Waals surface area contributed by atoms with Crippen LogP contribution >= 0.6 is 11.6 Å². The van der Waals surface area contributed by atoms with E-state index in [9.17, 15) is 9.18 Å². The lowest BCUT2D eigenvalue weighted by atomic mass is 10.3. The van der Waals surface area contributed by atoms with E-state index in [4.69, 9.17) is 11.6 Å². The molecule has 0 heterocycles. The fourth-order valence-electron chi connectivity index (χ4n) is 1.16. The minimum atomic E-state index is -0.534. The summed E-state index contributed by atoms with van der Waals surface area (Å²) < 4.78 is 13.2. The van der Waals surface area contributed by atoms with Crippen LogP contribution in [0.2, 0.25) is 5.02 Å². The van der Waals surface area contributed by atoms with Crippen LogP contribution in [0.4, 0.5) is 14.9 Å². The van der Waals surface area contributed by atoms with E-state index < -0.39 is 5.82 Å². The van der Waals surface area contributed by atoms with Crippen molar-refractivity contribution in [3.8, 4) is 0 Å². The van der Waals surface area contributed by atoms with Gasteiger partial charge in [-0.15, -0.1) is 0 Å². The summed E-state index contributed by atoms with van der Waals surface area (Å²) in [6, 6.07) is 3.99. The van der Waals surface area contributed by atoms with E-state index >= 15 is 0 Å². The summed E-state index contributed by atoms with van der Waals surface area (Å²) in [5.41, 5.74) is 0.137. The molecule has 0 saturated heterocycles. The van der Waals surface area contributed by atoms with Gasteiger partial charge in [-0.3, -0.25) is 0 Å². The summed E-state index contributed by atoms with van der Waals surface area (Å²) in [7, 11) is 0. The first-order valence-corrected chi connectivity index (χ1v) is 5.05. The first-order chi connectivity index (χ1) is 7.15. The summed E-state index contributed by atoms with van der Waals surface area (Å²) >= 11 is 5.58. The fourth-order valence-corrected chi connectivity index (χ4v) is 1.32. The maximum atomic E-state index is 13.2. The molecule has 0 aliphatic heterocycles. The molecule has 0 unspecified atom stereocenters. The van der Waals surface area contributed by atoms with Crippen LogP contribution in [-0.2, 0) is 0 Å². The van der Waals surface area contributed by atoms with Gasteiger partial charge in [-0.25, -0.2) is 9.18 Å². The van der Waals surface area contributed by atoms with Crippen LogP contribution in [0.1, 0.15) is 12.8 Å². The molecule has 1 saturated carbocycles. The SMILES string of the molecule is O=C(Nc1ccc(Cl)cc1F)NC1CC1. The van der Waals surface area contributed by atoms with E-state index in [2.05, 4.69) is 10.6 Å². The summed E-state index contributed by atoms with van der Waals surface area (Å²) in [6.07, 6.45) is 1.99. The fraction of sp³-hybridized carbons (Fsp3) is 0.300. The number of amides is 2. The number of benzene rings is 1. The number of anilines is 1. The molecular weight excluding hydrogens is 219 g/mol. The second-order valence-corrected chi connectivity index (χ2v) is 3.93. The minimum absolute atomic E-state index is 0.137. The third kappa shape index (κ3) is 2.83. The molecule has 1 aliphatic carbocycles. The van der Waals surface area contributed by atoms with Gasteiger partial charge in [-0.1, -0.05) is 11.6 Å². The molecule has 5 heteroatoms. The van der Waals surface area contributed by atoms with E-state index in [-0.39, 0.29) is 17.8 Å². The van der Waals surface area contributed by atoms with Crippen molar-refractivity contribution in [1.29, 1.82) is 0 Å². The van der Waals surface area contributed by atoms with Crippen molar-refractivity contribution in [1.82, 2.24) is 5.32 Å². The smallest absolute Gasteiger partial charge is 0.319 e. The maximum absolute atomic E-state index is 13.2. The molecule has 1 aliphatic rings. The molecule has 2 rings (SSSR count). The van der Waals surface area contributed by atoms with Crippen molar-refractivity contribution in [2.45, 2.75) is 18.9 Å². The molecule has 0 aromatic heterocycles. The number of hydrogen-bond acceptors (Lipinski definition) is 1. The number of carbonyl (C=O) groups is 1. The first-order valence-electron chi connectivity index (χ1n) is 4.68. The molecule has 80 valence electrons. The monoisotopic (exact) mass is 228 g/mol. The molecular formula is C10H10ClFN2O. The van der Waals surface area contributed by atoms with Crippen LogP contribution in [0, 0.1) is 5.82 Å². The zero-order chi connectivity index (χ0) is 10.8. The van der Waals surface area contributed by atoms with Crippen LogP contribution in [0.15, 0.2) is 18.2 Å². The van der Waals surface area contributed by atoms with Crippen molar-refractivity contribution >= 4 is 23.3 Å². The van der Waals surface area contributed by atoms with E-state index in [0.717, 1.165) is 18.9 Å². The van der Waals surface area contributed by atoms with Crippen molar-refractivity contribution in [2.24, 2.45) is 0 Å². The van der Waals surface area contributed by atoms with Gasteiger partial charge in [-0.05, 0) is 31.0 Å². The maximum Gasteiger partial charge on any atom is 0.319 e. The Morgan fingerprint density at radius 3 is 2.80 bits per heavy atom. The van der Waals surface area contributed by atoms with Crippen molar-refractivity contribution in [2.75, 3.05) is 5.32 Å². The van der Waals surface area contributed by atoms with E-state index in [1.54, 1.807) is 0 Å². The molecule has 0 atom stereocenters. The summed E-state index contributed by atoms with van der Waals surface area (Å²) in [5.74, 6) is -0.534. The van der Waals surface area contributed by atoms with Gasteiger partial charge in [0.15, 0.2) is 0 Å². The van der Waals surface area contributed by atoms with Crippen molar-refractivity contribution in [3.05, 3.63) is 29.0 Å². The average molecular weight is 229 g/mol. The number of rotatable bonds is 2. The van der Waals surface area contributed by atoms with Crippen LogP contribution in [-0.4, -0.2) is 12.1 Å². The van der Waals surface area contributed by atoms with Gasteiger partial charge >= 0.3 is 6.03 Å². The number of hydrogen-bond donors (Lipinski definition) is 2. The summed E-state index contributed by atoms with van der Waals surface area (Å²) in [5, 5.41) is 5.43. The van der Waals surface area contributed by atoms with Gasteiger partial charge in [0, 0.05) is 11.1 Å². The molecule has 0 radical (unpaired) electrons. The highest BCUT2D eigenvalue weighted by atomic mass is 35.5. The van der Waals surface area contributed by atoms with Crippen molar-refractivity contribution < 1.29 is 9.18 Å². The zero-order valence-corrected chi connectivity index (χ0v) is 8.64. The minimum Gasteiger partial charge on any atom is -0.335 e. The standard InChI is InChI=1S/C10H10ClFN2O/c11-6-1-4-9(8(12)5-6)14-10(15)13-7-2-3-7/h1,4-5,7H,2-3H2,(H2,13,14,15). The number of halogens is 2. The molecule has 3 nitrogen and oxygen atoms in total. The van der Waals surface area contributed by atoms with Gasteiger partial charge in [0.05, 0.1) is 5.69 Å². The van der Waals surface area contributed by atoms with Crippen molar-refractivity contribution in [3.63, 3.8) is 0 Å². The second kappa shape index (κ2) is 4.06. The molecule has 0 spiro atoms. The highest BCUT2D eigenvalue weighted by Gasteiger charge is 2.23. The van der Waals surface area contributed by atoms with Crippen LogP contribution < -0.4 is 10.6 Å². The third-order valence-corrected chi connectivity index (χ3v) is 2.33. The van der Waals surface area contributed by atoms with Gasteiger partial charge < -0.3 is 10.6 Å². The number of carbonyl (C=O) groups excluding carboxylic acids is 1. The molecule has 1 aromatic carbocycles. The Morgan fingerprint density at radius 2 is 2.20 bits per heavy atom. The Bertz CT molecular complexity index is 393. The van der Waals surface area contributed by atoms with E-state index in [0.29, 0.717) is 5.02 Å². The molecule has 2 amide bonds. The molecule has 15 heavy (non-hydrogen) atoms. The van der Waals surface area contributed by atoms with E-state index in [1.165, 1.54) is 12.1 Å². The van der Waals surface area contributed by atoms with Gasteiger partial charge in [0.1, 0.15) is 5.82 Å². The second-order valence-electron chi connectivity index (χ2n) is 3.50. The quantitative estimate of drug-likeness (QED) is 0.803. The lowest BCUT2D eigenvalue weighted by molar-refractivity contribution is 0.251. The molecule has 2 N–H and O–H groups in total. The van der Waals surface area contributed by atoms with Crippen LogP contribution in [0.3, 0.4) is 0 Å². The molecule has 0 bridgehead atoms. The first kappa shape index (κ1) is 10.2. The largest absolute Gasteiger partial charge is 0.335 e. The van der Waals surface area contributed by atoms with E-state index in [1.807, 2.05) is 0 Å². The van der Waals surface area contributed by atoms with Crippen LogP contribution in [0.5, 0.6) is 0 Å². The molecule has 1 aromatic rings. The highest BCUT2D eigenvalue weighted by Crippen LogP contribution is 2.21. The topological polar surface area (TPSA) is 41.1 Å². The summed E-state index contributed by atoms with van der Waals surface area (Å²) in [4.78, 5) is 11.3. The predicted octanol–water partition coefficient (Wildman–Crippen LogP) is 2.76. The normalized spacial score (nSPS) is 14.8. The Hall–Kier alpha value is -1.29. The Morgan fingerprint density at radius 1 is 1.47 bits per heavy atom.